The lowest BCUT2D eigenvalue weighted by Gasteiger charge is -2.18. The van der Waals surface area contributed by atoms with E-state index in [0.717, 1.165) is 11.1 Å². The summed E-state index contributed by atoms with van der Waals surface area (Å²) >= 11 is 0. The molecule has 2 atom stereocenters. The molecule has 1 aliphatic heterocycles. The third-order valence-corrected chi connectivity index (χ3v) is 4.78. The molecule has 148 valence electrons. The Morgan fingerprint density at radius 3 is 2.72 bits per heavy atom. The minimum absolute atomic E-state index is 0.0841. The van der Waals surface area contributed by atoms with Crippen LogP contribution >= 0.6 is 0 Å². The van der Waals surface area contributed by atoms with Crippen LogP contribution in [0, 0.1) is 11.7 Å². The third-order valence-electron chi connectivity index (χ3n) is 4.78. The van der Waals surface area contributed by atoms with Gasteiger partial charge in [0.15, 0.2) is 0 Å². The molecule has 4 rings (SSSR count). The zero-order chi connectivity index (χ0) is 20.1. The largest absolute Gasteiger partial charge is 0.439 e. The van der Waals surface area contributed by atoms with Crippen molar-refractivity contribution < 1.29 is 13.9 Å². The van der Waals surface area contributed by atoms with Crippen molar-refractivity contribution in [3.8, 4) is 11.6 Å². The van der Waals surface area contributed by atoms with Crippen LogP contribution in [-0.2, 0) is 11.3 Å². The number of carbonyl (C=O) groups is 1. The van der Waals surface area contributed by atoms with Crippen molar-refractivity contribution in [2.24, 2.45) is 5.92 Å². The normalized spacial score (nSPS) is 18.4. The van der Waals surface area contributed by atoms with E-state index in [4.69, 9.17) is 4.74 Å². The maximum absolute atomic E-state index is 13.2. The van der Waals surface area contributed by atoms with Crippen molar-refractivity contribution in [3.05, 3.63) is 89.9 Å². The smallest absolute Gasteiger partial charge is 0.226 e. The molecule has 1 aromatic heterocycles. The van der Waals surface area contributed by atoms with Gasteiger partial charge < -0.3 is 10.1 Å². The molecule has 1 aliphatic rings. The van der Waals surface area contributed by atoms with E-state index in [9.17, 15) is 9.18 Å². The second kappa shape index (κ2) is 8.81. The lowest BCUT2D eigenvalue weighted by atomic mass is 9.94. The maximum Gasteiger partial charge on any atom is 0.226 e. The van der Waals surface area contributed by atoms with Crippen LogP contribution in [0.15, 0.2) is 72.9 Å². The number of ether oxygens (including phenoxy) is 1. The molecule has 3 N–H and O–H groups in total. The first-order valence-corrected chi connectivity index (χ1v) is 9.38. The second-order valence-corrected chi connectivity index (χ2v) is 6.80. The molecule has 3 aromatic rings. The Bertz CT molecular complexity index is 966. The first kappa shape index (κ1) is 19.0. The Morgan fingerprint density at radius 1 is 1.14 bits per heavy atom. The van der Waals surface area contributed by atoms with Crippen LogP contribution in [-0.4, -0.2) is 17.4 Å². The van der Waals surface area contributed by atoms with Crippen molar-refractivity contribution in [3.63, 3.8) is 0 Å². The van der Waals surface area contributed by atoms with Gasteiger partial charge in [0.2, 0.25) is 11.8 Å². The van der Waals surface area contributed by atoms with E-state index < -0.39 is 0 Å². The van der Waals surface area contributed by atoms with Gasteiger partial charge in [-0.15, -0.1) is 0 Å². The summed E-state index contributed by atoms with van der Waals surface area (Å²) < 4.78 is 18.9. The van der Waals surface area contributed by atoms with Crippen LogP contribution in [0.3, 0.4) is 0 Å². The van der Waals surface area contributed by atoms with E-state index in [1.165, 1.54) is 12.1 Å². The molecule has 1 fully saturated rings. The van der Waals surface area contributed by atoms with Gasteiger partial charge in [0, 0.05) is 25.4 Å². The Hall–Kier alpha value is -3.29. The molecule has 0 aliphatic carbocycles. The molecule has 2 heterocycles. The molecule has 2 unspecified atom stereocenters. The molecular formula is C22H21FN4O2. The average Bonchev–Trinajstić information content (AvgIpc) is 3.24. The predicted octanol–water partition coefficient (Wildman–Crippen LogP) is 3.09. The van der Waals surface area contributed by atoms with Gasteiger partial charge in [-0.05, 0) is 41.5 Å². The number of amides is 1. The topological polar surface area (TPSA) is 75.3 Å². The lowest BCUT2D eigenvalue weighted by Crippen LogP contribution is -2.34. The van der Waals surface area contributed by atoms with Gasteiger partial charge in [-0.25, -0.2) is 14.8 Å². The number of nitrogens with one attached hydrogen (secondary N) is 3. The first-order chi connectivity index (χ1) is 14.2. The summed E-state index contributed by atoms with van der Waals surface area (Å²) in [5.74, 6) is 0.483. The van der Waals surface area contributed by atoms with Crippen molar-refractivity contribution in [2.45, 2.75) is 12.6 Å². The molecule has 2 aromatic carbocycles. The van der Waals surface area contributed by atoms with Gasteiger partial charge in [0.1, 0.15) is 11.6 Å². The average molecular weight is 392 g/mol. The van der Waals surface area contributed by atoms with Crippen LogP contribution < -0.4 is 20.9 Å². The molecule has 1 amide bonds. The molecule has 0 saturated carbocycles. The highest BCUT2D eigenvalue weighted by Crippen LogP contribution is 2.25. The quantitative estimate of drug-likeness (QED) is 0.601. The summed E-state index contributed by atoms with van der Waals surface area (Å²) in [6, 6.07) is 19.0. The molecule has 0 radical (unpaired) electrons. The van der Waals surface area contributed by atoms with Crippen molar-refractivity contribution in [1.82, 2.24) is 21.2 Å². The highest BCUT2D eigenvalue weighted by molar-refractivity contribution is 5.80. The Balaban J connectivity index is 1.38. The monoisotopic (exact) mass is 392 g/mol. The third kappa shape index (κ3) is 4.77. The summed E-state index contributed by atoms with van der Waals surface area (Å²) in [4.78, 5) is 16.9. The molecule has 29 heavy (non-hydrogen) atoms. The van der Waals surface area contributed by atoms with Crippen molar-refractivity contribution in [1.29, 1.82) is 0 Å². The van der Waals surface area contributed by atoms with E-state index in [1.54, 1.807) is 24.4 Å². The molecule has 0 spiro atoms. The zero-order valence-corrected chi connectivity index (χ0v) is 15.6. The van der Waals surface area contributed by atoms with Crippen LogP contribution in [0.1, 0.15) is 17.2 Å². The van der Waals surface area contributed by atoms with Crippen LogP contribution in [0.25, 0.3) is 0 Å². The van der Waals surface area contributed by atoms with Gasteiger partial charge in [-0.1, -0.05) is 30.3 Å². The van der Waals surface area contributed by atoms with Gasteiger partial charge in [-0.2, -0.15) is 0 Å². The number of hydrogen-bond donors (Lipinski definition) is 3. The molecular weight excluding hydrogens is 371 g/mol. The van der Waals surface area contributed by atoms with Gasteiger partial charge in [-0.3, -0.25) is 10.2 Å². The fourth-order valence-corrected chi connectivity index (χ4v) is 3.27. The Morgan fingerprint density at radius 2 is 1.93 bits per heavy atom. The lowest BCUT2D eigenvalue weighted by molar-refractivity contribution is -0.125. The SMILES string of the molecule is O=C(NCc1ccnc(Oc2ccccc2)c1)C1CNNC1c1ccc(F)cc1. The number of benzene rings is 2. The number of hydrazine groups is 1. The number of nitrogens with zero attached hydrogens (tertiary/aromatic N) is 1. The molecule has 0 bridgehead atoms. The van der Waals surface area contributed by atoms with E-state index >= 15 is 0 Å². The fraction of sp³-hybridized carbons (Fsp3) is 0.182. The van der Waals surface area contributed by atoms with Gasteiger partial charge in [0.05, 0.1) is 12.0 Å². The number of para-hydroxylation sites is 1. The van der Waals surface area contributed by atoms with Crippen molar-refractivity contribution in [2.75, 3.05) is 6.54 Å². The summed E-state index contributed by atoms with van der Waals surface area (Å²) in [5, 5.41) is 2.97. The minimum Gasteiger partial charge on any atom is -0.439 e. The number of pyridine rings is 1. The molecule has 1 saturated heterocycles. The van der Waals surface area contributed by atoms with E-state index in [1.807, 2.05) is 36.4 Å². The number of halogens is 1. The number of hydrogen-bond acceptors (Lipinski definition) is 5. The molecule has 6 nitrogen and oxygen atoms in total. The maximum atomic E-state index is 13.2. The minimum atomic E-state index is -0.303. The standard InChI is InChI=1S/C22H21FN4O2/c23-17-8-6-16(7-9-17)21-19(14-26-27-21)22(28)25-13-15-10-11-24-20(12-15)29-18-4-2-1-3-5-18/h1-12,19,21,26-27H,13-14H2,(H,25,28). The van der Waals surface area contributed by atoms with Crippen LogP contribution in [0.2, 0.25) is 0 Å². The number of aromatic nitrogens is 1. The Labute approximate surface area is 168 Å². The number of rotatable bonds is 6. The van der Waals surface area contributed by atoms with Crippen LogP contribution in [0.4, 0.5) is 4.39 Å². The predicted molar refractivity (Wildman–Crippen MR) is 106 cm³/mol. The van der Waals surface area contributed by atoms with E-state index in [2.05, 4.69) is 21.2 Å². The number of carbonyl (C=O) groups excluding carboxylic acids is 1. The highest BCUT2D eigenvalue weighted by atomic mass is 19.1. The van der Waals surface area contributed by atoms with E-state index in [0.29, 0.717) is 24.7 Å². The first-order valence-electron chi connectivity index (χ1n) is 9.38. The van der Waals surface area contributed by atoms with Crippen LogP contribution in [0.5, 0.6) is 11.6 Å². The Kier molecular flexibility index (Phi) is 5.79. The van der Waals surface area contributed by atoms with Gasteiger partial charge in [0.25, 0.3) is 0 Å². The van der Waals surface area contributed by atoms with E-state index in [-0.39, 0.29) is 23.7 Å². The van der Waals surface area contributed by atoms with Crippen molar-refractivity contribution >= 4 is 5.91 Å². The summed E-state index contributed by atoms with van der Waals surface area (Å²) in [6.07, 6.45) is 1.65. The summed E-state index contributed by atoms with van der Waals surface area (Å²) in [6.45, 7) is 0.853. The summed E-state index contributed by atoms with van der Waals surface area (Å²) in [7, 11) is 0. The fourth-order valence-electron chi connectivity index (χ4n) is 3.27. The van der Waals surface area contributed by atoms with Gasteiger partial charge >= 0.3 is 0 Å². The summed E-state index contributed by atoms with van der Waals surface area (Å²) in [5.41, 5.74) is 7.86. The highest BCUT2D eigenvalue weighted by Gasteiger charge is 2.33. The molecule has 7 heteroatoms. The second-order valence-electron chi connectivity index (χ2n) is 6.80. The zero-order valence-electron chi connectivity index (χ0n) is 15.6.